The van der Waals surface area contributed by atoms with Crippen molar-refractivity contribution in [3.05, 3.63) is 92.0 Å². The summed E-state index contributed by atoms with van der Waals surface area (Å²) in [5, 5.41) is 22.3. The minimum absolute atomic E-state index is 0.0874. The van der Waals surface area contributed by atoms with Gasteiger partial charge in [0, 0.05) is 22.6 Å². The van der Waals surface area contributed by atoms with E-state index in [1.165, 1.54) is 40.5 Å². The minimum Gasteiger partial charge on any atom is -0.507 e. The Bertz CT molecular complexity index is 1210. The van der Waals surface area contributed by atoms with Gasteiger partial charge >= 0.3 is 5.91 Å². The third-order valence-electron chi connectivity index (χ3n) is 5.13. The highest BCUT2D eigenvalue weighted by molar-refractivity contribution is 7.16. The van der Waals surface area contributed by atoms with Gasteiger partial charge in [-0.1, -0.05) is 30.3 Å². The van der Waals surface area contributed by atoms with Crippen LogP contribution < -0.4 is 4.90 Å². The first-order valence-corrected chi connectivity index (χ1v) is 10.2. The normalized spacial score (nSPS) is 17.9. The second kappa shape index (κ2) is 7.77. The number of Topliss-reactive ketones (excluding diaryl/α,β-unsaturated/α-hetero) is 1. The second-order valence-corrected chi connectivity index (χ2v) is 8.20. The maximum atomic E-state index is 13.0. The Hall–Kier alpha value is -3.85. The Labute approximate surface area is 181 Å². The topological polar surface area (TPSA) is 114 Å². The second-order valence-electron chi connectivity index (χ2n) is 7.02. The van der Waals surface area contributed by atoms with Crippen LogP contribution in [0, 0.1) is 24.0 Å². The molecule has 0 radical (unpaired) electrons. The summed E-state index contributed by atoms with van der Waals surface area (Å²) < 4.78 is 0. The van der Waals surface area contributed by atoms with Gasteiger partial charge in [0.25, 0.3) is 11.5 Å². The third kappa shape index (κ3) is 3.49. The van der Waals surface area contributed by atoms with E-state index in [9.17, 15) is 24.8 Å². The highest BCUT2D eigenvalue weighted by Gasteiger charge is 2.48. The molecule has 2 aromatic carbocycles. The number of aliphatic hydroxyl groups excluding tert-OH is 1. The molecule has 1 unspecified atom stereocenters. The number of aryl methyl sites for hydroxylation is 2. The summed E-state index contributed by atoms with van der Waals surface area (Å²) in [6.45, 7) is 3.66. The van der Waals surface area contributed by atoms with Crippen LogP contribution in [-0.4, -0.2) is 26.7 Å². The van der Waals surface area contributed by atoms with Gasteiger partial charge in [-0.15, -0.1) is 11.3 Å². The molecule has 1 atom stereocenters. The van der Waals surface area contributed by atoms with Crippen LogP contribution in [-0.2, 0) is 9.59 Å². The third-order valence-corrected chi connectivity index (χ3v) is 6.21. The lowest BCUT2D eigenvalue weighted by atomic mass is 9.95. The predicted molar refractivity (Wildman–Crippen MR) is 116 cm³/mol. The zero-order valence-electron chi connectivity index (χ0n) is 16.6. The van der Waals surface area contributed by atoms with E-state index in [1.807, 2.05) is 6.92 Å². The number of nitro groups is 1. The van der Waals surface area contributed by atoms with Crippen LogP contribution in [0.25, 0.3) is 5.76 Å². The number of rotatable bonds is 4. The summed E-state index contributed by atoms with van der Waals surface area (Å²) in [4.78, 5) is 43.1. The molecule has 0 saturated carbocycles. The predicted octanol–water partition coefficient (Wildman–Crippen LogP) is 4.29. The van der Waals surface area contributed by atoms with Gasteiger partial charge in [0.1, 0.15) is 5.76 Å². The lowest BCUT2D eigenvalue weighted by molar-refractivity contribution is -0.384. The molecule has 156 valence electrons. The van der Waals surface area contributed by atoms with Gasteiger partial charge in [-0.2, -0.15) is 0 Å². The van der Waals surface area contributed by atoms with Crippen molar-refractivity contribution in [2.75, 3.05) is 4.90 Å². The van der Waals surface area contributed by atoms with Gasteiger partial charge in [-0.25, -0.2) is 4.98 Å². The number of hydrogen-bond donors (Lipinski definition) is 1. The monoisotopic (exact) mass is 435 g/mol. The number of hydrogen-bond acceptors (Lipinski definition) is 7. The van der Waals surface area contributed by atoms with Crippen molar-refractivity contribution in [1.82, 2.24) is 4.98 Å². The number of non-ortho nitro benzene ring substituents is 1. The number of ketones is 1. The Morgan fingerprint density at radius 1 is 1.10 bits per heavy atom. The molecule has 2 heterocycles. The van der Waals surface area contributed by atoms with Gasteiger partial charge in [-0.3, -0.25) is 24.6 Å². The zero-order valence-corrected chi connectivity index (χ0v) is 17.4. The average Bonchev–Trinajstić information content (AvgIpc) is 3.23. The van der Waals surface area contributed by atoms with Crippen molar-refractivity contribution in [2.24, 2.45) is 0 Å². The Kier molecular flexibility index (Phi) is 5.12. The molecule has 4 rings (SSSR count). The van der Waals surface area contributed by atoms with Crippen molar-refractivity contribution in [1.29, 1.82) is 0 Å². The molecule has 31 heavy (non-hydrogen) atoms. The molecule has 1 fully saturated rings. The van der Waals surface area contributed by atoms with E-state index in [0.29, 0.717) is 16.3 Å². The number of aliphatic hydroxyl groups is 1. The summed E-state index contributed by atoms with van der Waals surface area (Å²) >= 11 is 1.26. The summed E-state index contributed by atoms with van der Waals surface area (Å²) in [5.74, 6) is -1.96. The molecule has 8 nitrogen and oxygen atoms in total. The molecule has 0 spiro atoms. The Morgan fingerprint density at radius 2 is 1.74 bits per heavy atom. The molecule has 1 aliphatic rings. The Morgan fingerprint density at radius 3 is 2.29 bits per heavy atom. The minimum atomic E-state index is -0.967. The molecule has 1 saturated heterocycles. The first kappa shape index (κ1) is 20.4. The van der Waals surface area contributed by atoms with Crippen molar-refractivity contribution in [3.63, 3.8) is 0 Å². The van der Waals surface area contributed by atoms with Gasteiger partial charge < -0.3 is 5.11 Å². The number of anilines is 1. The van der Waals surface area contributed by atoms with Crippen LogP contribution in [0.15, 0.2) is 60.2 Å². The lowest BCUT2D eigenvalue weighted by Crippen LogP contribution is -2.29. The van der Waals surface area contributed by atoms with Crippen molar-refractivity contribution in [2.45, 2.75) is 19.9 Å². The van der Waals surface area contributed by atoms with Gasteiger partial charge in [0.05, 0.1) is 22.2 Å². The molecule has 0 aliphatic carbocycles. The van der Waals surface area contributed by atoms with E-state index in [0.717, 1.165) is 10.6 Å². The first-order chi connectivity index (χ1) is 14.8. The molecular weight excluding hydrogens is 418 g/mol. The van der Waals surface area contributed by atoms with Crippen LogP contribution in [0.2, 0.25) is 0 Å². The Balaban J connectivity index is 1.94. The van der Waals surface area contributed by atoms with E-state index in [-0.39, 0.29) is 17.0 Å². The summed E-state index contributed by atoms with van der Waals surface area (Å²) in [6, 6.07) is 13.0. The van der Waals surface area contributed by atoms with Crippen LogP contribution >= 0.6 is 11.3 Å². The van der Waals surface area contributed by atoms with E-state index in [2.05, 4.69) is 4.98 Å². The molecule has 1 aromatic heterocycles. The molecule has 1 N–H and O–H groups in total. The summed E-state index contributed by atoms with van der Waals surface area (Å²) in [5.41, 5.74) is 1.36. The summed E-state index contributed by atoms with van der Waals surface area (Å²) in [7, 11) is 0. The number of benzene rings is 2. The molecule has 1 amide bonds. The fraction of sp³-hybridized carbons (Fsp3) is 0.136. The van der Waals surface area contributed by atoms with Crippen LogP contribution in [0.4, 0.5) is 10.8 Å². The zero-order chi connectivity index (χ0) is 22.3. The van der Waals surface area contributed by atoms with E-state index in [4.69, 9.17) is 0 Å². The van der Waals surface area contributed by atoms with Gasteiger partial charge in [0.15, 0.2) is 5.13 Å². The van der Waals surface area contributed by atoms with Gasteiger partial charge in [0.2, 0.25) is 0 Å². The van der Waals surface area contributed by atoms with Crippen molar-refractivity contribution < 1.29 is 19.6 Å². The van der Waals surface area contributed by atoms with E-state index < -0.39 is 22.7 Å². The SMILES string of the molecule is Cc1nc(N2C(=O)C(=O)C(=C(O)c3ccccc3)C2c2ccc([N+](=O)[O-])cc2)sc1C. The number of nitrogens with zero attached hydrogens (tertiary/aromatic N) is 3. The molecule has 3 aromatic rings. The van der Waals surface area contributed by atoms with Crippen LogP contribution in [0.5, 0.6) is 0 Å². The van der Waals surface area contributed by atoms with Crippen molar-refractivity contribution in [3.8, 4) is 0 Å². The van der Waals surface area contributed by atoms with E-state index >= 15 is 0 Å². The standard InChI is InChI=1S/C22H17N3O5S/c1-12-13(2)31-22(23-12)24-18(14-8-10-16(11-9-14)25(29)30)17(20(27)21(24)28)19(26)15-6-4-3-5-7-15/h3-11,18,26H,1-2H3. The highest BCUT2D eigenvalue weighted by atomic mass is 32.1. The molecular formula is C22H17N3O5S. The fourth-order valence-electron chi connectivity index (χ4n) is 3.43. The quantitative estimate of drug-likeness (QED) is 0.215. The number of aromatic nitrogens is 1. The maximum absolute atomic E-state index is 13.0. The lowest BCUT2D eigenvalue weighted by Gasteiger charge is -2.22. The van der Waals surface area contributed by atoms with E-state index in [1.54, 1.807) is 37.3 Å². The van der Waals surface area contributed by atoms with Crippen LogP contribution in [0.1, 0.15) is 27.7 Å². The average molecular weight is 435 g/mol. The van der Waals surface area contributed by atoms with Crippen molar-refractivity contribution >= 4 is 39.6 Å². The maximum Gasteiger partial charge on any atom is 0.301 e. The number of amides is 1. The summed E-state index contributed by atoms with van der Waals surface area (Å²) in [6.07, 6.45) is 0. The number of nitro benzene ring substituents is 1. The molecule has 9 heteroatoms. The van der Waals surface area contributed by atoms with Gasteiger partial charge in [-0.05, 0) is 31.5 Å². The fourth-order valence-corrected chi connectivity index (χ4v) is 4.37. The highest BCUT2D eigenvalue weighted by Crippen LogP contribution is 2.43. The number of carbonyl (C=O) groups excluding carboxylic acids is 2. The molecule has 0 bridgehead atoms. The first-order valence-electron chi connectivity index (χ1n) is 9.34. The molecule has 1 aliphatic heterocycles. The van der Waals surface area contributed by atoms with Crippen LogP contribution in [0.3, 0.4) is 0 Å². The number of carbonyl (C=O) groups is 2. The smallest absolute Gasteiger partial charge is 0.301 e. The number of thiazole rings is 1. The largest absolute Gasteiger partial charge is 0.507 e.